The quantitative estimate of drug-likeness (QED) is 0.869. The van der Waals surface area contributed by atoms with E-state index in [0.29, 0.717) is 12.6 Å². The Morgan fingerprint density at radius 2 is 2.11 bits per heavy atom. The fraction of sp³-hybridized carbons (Fsp3) is 0.643. The monoisotopic (exact) mass is 248 g/mol. The molecule has 4 nitrogen and oxygen atoms in total. The van der Waals surface area contributed by atoms with Crippen molar-refractivity contribution >= 4 is 0 Å². The van der Waals surface area contributed by atoms with Gasteiger partial charge in [0.2, 0.25) is 0 Å². The lowest BCUT2D eigenvalue weighted by molar-refractivity contribution is 0.192. The summed E-state index contributed by atoms with van der Waals surface area (Å²) in [4.78, 5) is 9.52. The van der Waals surface area contributed by atoms with Crippen LogP contribution in [0.15, 0.2) is 18.2 Å². The zero-order chi connectivity index (χ0) is 13.0. The van der Waals surface area contributed by atoms with Gasteiger partial charge in [0, 0.05) is 32.2 Å². The highest BCUT2D eigenvalue weighted by molar-refractivity contribution is 5.11. The molecular formula is C14H24N4. The van der Waals surface area contributed by atoms with Crippen molar-refractivity contribution in [2.45, 2.75) is 32.5 Å². The lowest BCUT2D eigenvalue weighted by atomic mass is 10.2. The van der Waals surface area contributed by atoms with E-state index in [1.165, 1.54) is 13.0 Å². The summed E-state index contributed by atoms with van der Waals surface area (Å²) in [5, 5.41) is 0. The molecule has 0 saturated carbocycles. The van der Waals surface area contributed by atoms with Crippen LogP contribution in [0.5, 0.6) is 0 Å². The van der Waals surface area contributed by atoms with Gasteiger partial charge in [-0.25, -0.2) is 0 Å². The van der Waals surface area contributed by atoms with Crippen molar-refractivity contribution in [3.05, 3.63) is 29.6 Å². The van der Waals surface area contributed by atoms with E-state index in [4.69, 9.17) is 5.73 Å². The summed E-state index contributed by atoms with van der Waals surface area (Å²) in [6.07, 6.45) is 1.23. The molecule has 1 fully saturated rings. The van der Waals surface area contributed by atoms with E-state index < -0.39 is 0 Å². The predicted molar refractivity (Wildman–Crippen MR) is 74.1 cm³/mol. The molecule has 2 N–H and O–H groups in total. The van der Waals surface area contributed by atoms with Gasteiger partial charge < -0.3 is 10.6 Å². The van der Waals surface area contributed by atoms with Gasteiger partial charge in [-0.05, 0) is 39.1 Å². The van der Waals surface area contributed by atoms with E-state index in [1.54, 1.807) is 0 Å². The molecule has 0 bridgehead atoms. The predicted octanol–water partition coefficient (Wildman–Crippen LogP) is 1.07. The first-order chi connectivity index (χ1) is 8.69. The number of rotatable bonds is 3. The fourth-order valence-corrected chi connectivity index (χ4v) is 2.60. The Labute approximate surface area is 110 Å². The van der Waals surface area contributed by atoms with Crippen molar-refractivity contribution < 1.29 is 0 Å². The first-order valence-electron chi connectivity index (χ1n) is 6.76. The molecule has 0 spiro atoms. The third-order valence-corrected chi connectivity index (χ3v) is 3.62. The van der Waals surface area contributed by atoms with Crippen LogP contribution in [-0.4, -0.2) is 47.5 Å². The van der Waals surface area contributed by atoms with Crippen molar-refractivity contribution in [1.82, 2.24) is 14.8 Å². The van der Waals surface area contributed by atoms with E-state index >= 15 is 0 Å². The molecule has 2 heterocycles. The topological polar surface area (TPSA) is 45.4 Å². The normalized spacial score (nSPS) is 22.9. The molecule has 100 valence electrons. The van der Waals surface area contributed by atoms with Gasteiger partial charge in [0.1, 0.15) is 0 Å². The van der Waals surface area contributed by atoms with Gasteiger partial charge in [0.25, 0.3) is 0 Å². The molecule has 2 rings (SSSR count). The minimum absolute atomic E-state index is 0.520. The number of likely N-dealkylation sites (N-methyl/N-ethyl adjacent to an activating group) is 1. The highest BCUT2D eigenvalue weighted by Crippen LogP contribution is 2.12. The molecule has 0 amide bonds. The van der Waals surface area contributed by atoms with E-state index in [2.05, 4.69) is 40.9 Å². The Morgan fingerprint density at radius 3 is 2.89 bits per heavy atom. The van der Waals surface area contributed by atoms with Gasteiger partial charge in [0.05, 0.1) is 11.4 Å². The van der Waals surface area contributed by atoms with Gasteiger partial charge >= 0.3 is 0 Å². The summed E-state index contributed by atoms with van der Waals surface area (Å²) in [6, 6.07) is 6.73. The van der Waals surface area contributed by atoms with Crippen molar-refractivity contribution in [3.63, 3.8) is 0 Å². The third-order valence-electron chi connectivity index (χ3n) is 3.62. The Kier molecular flexibility index (Phi) is 4.69. The van der Waals surface area contributed by atoms with E-state index in [-0.39, 0.29) is 0 Å². The van der Waals surface area contributed by atoms with Crippen molar-refractivity contribution in [2.24, 2.45) is 5.73 Å². The van der Waals surface area contributed by atoms with Crippen molar-refractivity contribution in [3.8, 4) is 0 Å². The molecule has 1 aromatic rings. The molecule has 0 aromatic carbocycles. The summed E-state index contributed by atoms with van der Waals surface area (Å²) in [5.74, 6) is 0. The van der Waals surface area contributed by atoms with Crippen LogP contribution in [0.1, 0.15) is 24.7 Å². The van der Waals surface area contributed by atoms with Gasteiger partial charge in [0.15, 0.2) is 0 Å². The summed E-state index contributed by atoms with van der Waals surface area (Å²) in [7, 11) is 2.20. The standard InChI is InChI=1S/C14H24N4/c1-12-10-17(2)7-4-8-18(12)11-14-6-3-5-13(9-15)16-14/h3,5-6,12H,4,7-11,15H2,1-2H3. The lowest BCUT2D eigenvalue weighted by Crippen LogP contribution is -2.37. The van der Waals surface area contributed by atoms with E-state index in [1.807, 2.05) is 6.07 Å². The van der Waals surface area contributed by atoms with Gasteiger partial charge in [-0.15, -0.1) is 0 Å². The SMILES string of the molecule is CC1CN(C)CCCN1Cc1cccc(CN)n1. The second-order valence-corrected chi connectivity index (χ2v) is 5.26. The number of aromatic nitrogens is 1. The Bertz CT molecular complexity index is 380. The van der Waals surface area contributed by atoms with E-state index in [9.17, 15) is 0 Å². The molecule has 0 aliphatic carbocycles. The Morgan fingerprint density at radius 1 is 1.33 bits per heavy atom. The van der Waals surface area contributed by atoms with Crippen LogP contribution >= 0.6 is 0 Å². The Balaban J connectivity index is 2.02. The number of pyridine rings is 1. The minimum Gasteiger partial charge on any atom is -0.325 e. The maximum absolute atomic E-state index is 5.64. The summed E-state index contributed by atoms with van der Waals surface area (Å²) in [6.45, 7) is 7.23. The molecule has 1 aliphatic rings. The molecule has 1 aromatic heterocycles. The van der Waals surface area contributed by atoms with Crippen LogP contribution in [0.25, 0.3) is 0 Å². The highest BCUT2D eigenvalue weighted by Gasteiger charge is 2.19. The average molecular weight is 248 g/mol. The number of nitrogens with two attached hydrogens (primary N) is 1. The molecule has 1 unspecified atom stereocenters. The largest absolute Gasteiger partial charge is 0.325 e. The van der Waals surface area contributed by atoms with Crippen molar-refractivity contribution in [1.29, 1.82) is 0 Å². The third kappa shape index (κ3) is 3.51. The molecule has 0 radical (unpaired) electrons. The summed E-state index contributed by atoms with van der Waals surface area (Å²) >= 11 is 0. The van der Waals surface area contributed by atoms with Gasteiger partial charge in [-0.2, -0.15) is 0 Å². The average Bonchev–Trinajstić information content (AvgIpc) is 2.52. The van der Waals surface area contributed by atoms with Crippen LogP contribution in [0, 0.1) is 0 Å². The molecule has 1 saturated heterocycles. The van der Waals surface area contributed by atoms with Gasteiger partial charge in [-0.3, -0.25) is 9.88 Å². The highest BCUT2D eigenvalue weighted by atomic mass is 15.2. The smallest absolute Gasteiger partial charge is 0.0547 e. The molecule has 4 heteroatoms. The summed E-state index contributed by atoms with van der Waals surface area (Å²) < 4.78 is 0. The Hall–Kier alpha value is -0.970. The lowest BCUT2D eigenvalue weighted by Gasteiger charge is -2.27. The molecule has 18 heavy (non-hydrogen) atoms. The van der Waals surface area contributed by atoms with Crippen LogP contribution < -0.4 is 5.73 Å². The van der Waals surface area contributed by atoms with Crippen molar-refractivity contribution in [2.75, 3.05) is 26.7 Å². The fourth-order valence-electron chi connectivity index (χ4n) is 2.60. The second-order valence-electron chi connectivity index (χ2n) is 5.26. The number of hydrogen-bond acceptors (Lipinski definition) is 4. The van der Waals surface area contributed by atoms with Crippen LogP contribution in [0.4, 0.5) is 0 Å². The maximum Gasteiger partial charge on any atom is 0.0547 e. The second kappa shape index (κ2) is 6.27. The minimum atomic E-state index is 0.520. The zero-order valence-electron chi connectivity index (χ0n) is 11.5. The molecule has 1 atom stereocenters. The maximum atomic E-state index is 5.64. The first kappa shape index (κ1) is 13.5. The first-order valence-corrected chi connectivity index (χ1v) is 6.76. The molecule has 1 aliphatic heterocycles. The van der Waals surface area contributed by atoms with Crippen LogP contribution in [-0.2, 0) is 13.1 Å². The molecular weight excluding hydrogens is 224 g/mol. The van der Waals surface area contributed by atoms with Gasteiger partial charge in [-0.1, -0.05) is 6.07 Å². The zero-order valence-corrected chi connectivity index (χ0v) is 11.5. The van der Waals surface area contributed by atoms with Crippen LogP contribution in [0.3, 0.4) is 0 Å². The number of nitrogens with zero attached hydrogens (tertiary/aromatic N) is 3. The number of hydrogen-bond donors (Lipinski definition) is 1. The summed E-state index contributed by atoms with van der Waals surface area (Å²) in [5.41, 5.74) is 7.75. The van der Waals surface area contributed by atoms with E-state index in [0.717, 1.165) is 31.0 Å². The van der Waals surface area contributed by atoms with Crippen LogP contribution in [0.2, 0.25) is 0 Å².